The standard InChI is InChI=1S/C20H17N3O5/c1-26-16-5-3-2-4-14(16)15-9-20(25)23(11-21-15)10-19(24)22-13-6-7-17-18(8-13)28-12-27-17/h2-9,11H,10,12H2,1H3,(H,22,24). The Hall–Kier alpha value is -3.81. The number of nitrogens with zero attached hydrogens (tertiary/aromatic N) is 2. The third-order valence-electron chi connectivity index (χ3n) is 4.23. The van der Waals surface area contributed by atoms with E-state index in [-0.39, 0.29) is 24.8 Å². The van der Waals surface area contributed by atoms with Gasteiger partial charge in [-0.25, -0.2) is 4.98 Å². The molecule has 3 aromatic rings. The predicted molar refractivity (Wildman–Crippen MR) is 102 cm³/mol. The number of ether oxygens (including phenoxy) is 3. The van der Waals surface area contributed by atoms with Gasteiger partial charge < -0.3 is 19.5 Å². The first-order valence-electron chi connectivity index (χ1n) is 8.53. The normalized spacial score (nSPS) is 11.9. The lowest BCUT2D eigenvalue weighted by Gasteiger charge is -2.10. The lowest BCUT2D eigenvalue weighted by Crippen LogP contribution is -2.27. The van der Waals surface area contributed by atoms with Gasteiger partial charge in [-0.1, -0.05) is 12.1 Å². The molecule has 0 saturated carbocycles. The highest BCUT2D eigenvalue weighted by molar-refractivity contribution is 5.91. The molecule has 0 atom stereocenters. The van der Waals surface area contributed by atoms with Crippen molar-refractivity contribution in [2.75, 3.05) is 19.2 Å². The van der Waals surface area contributed by atoms with E-state index in [1.165, 1.54) is 17.0 Å². The van der Waals surface area contributed by atoms with Crippen LogP contribution in [-0.4, -0.2) is 29.4 Å². The highest BCUT2D eigenvalue weighted by Gasteiger charge is 2.15. The summed E-state index contributed by atoms with van der Waals surface area (Å²) in [6, 6.07) is 13.8. The number of fused-ring (bicyclic) bond motifs is 1. The molecule has 1 aromatic heterocycles. The SMILES string of the molecule is COc1ccccc1-c1cc(=O)n(CC(=O)Nc2ccc3c(c2)OCO3)cn1. The topological polar surface area (TPSA) is 91.7 Å². The third-order valence-corrected chi connectivity index (χ3v) is 4.23. The predicted octanol–water partition coefficient (Wildman–Crippen LogP) is 2.29. The fourth-order valence-corrected chi connectivity index (χ4v) is 2.88. The molecule has 1 aliphatic heterocycles. The highest BCUT2D eigenvalue weighted by Crippen LogP contribution is 2.34. The quantitative estimate of drug-likeness (QED) is 0.731. The third kappa shape index (κ3) is 3.52. The lowest BCUT2D eigenvalue weighted by molar-refractivity contribution is -0.116. The number of methoxy groups -OCH3 is 1. The second-order valence-electron chi connectivity index (χ2n) is 6.06. The number of para-hydroxylation sites is 1. The van der Waals surface area contributed by atoms with Crippen LogP contribution in [0.5, 0.6) is 17.2 Å². The molecule has 2 aromatic carbocycles. The first-order chi connectivity index (χ1) is 13.6. The van der Waals surface area contributed by atoms with Crippen LogP contribution in [0.4, 0.5) is 5.69 Å². The van der Waals surface area contributed by atoms with E-state index in [9.17, 15) is 9.59 Å². The van der Waals surface area contributed by atoms with Gasteiger partial charge in [0.1, 0.15) is 12.3 Å². The Morgan fingerprint density at radius 2 is 2.00 bits per heavy atom. The number of carbonyl (C=O) groups is 1. The van der Waals surface area contributed by atoms with E-state index in [4.69, 9.17) is 14.2 Å². The van der Waals surface area contributed by atoms with Gasteiger partial charge in [0.05, 0.1) is 19.1 Å². The van der Waals surface area contributed by atoms with E-state index in [0.29, 0.717) is 34.2 Å². The summed E-state index contributed by atoms with van der Waals surface area (Å²) in [4.78, 5) is 29.0. The van der Waals surface area contributed by atoms with Gasteiger partial charge in [0.2, 0.25) is 12.7 Å². The Labute approximate surface area is 160 Å². The molecule has 8 heteroatoms. The Kier molecular flexibility index (Phi) is 4.67. The van der Waals surface area contributed by atoms with Crippen molar-refractivity contribution in [1.29, 1.82) is 0 Å². The van der Waals surface area contributed by atoms with Crippen molar-refractivity contribution in [3.63, 3.8) is 0 Å². The molecule has 28 heavy (non-hydrogen) atoms. The zero-order valence-corrected chi connectivity index (χ0v) is 15.0. The minimum Gasteiger partial charge on any atom is -0.496 e. The van der Waals surface area contributed by atoms with E-state index in [1.807, 2.05) is 18.2 Å². The molecule has 1 amide bonds. The van der Waals surface area contributed by atoms with Crippen LogP contribution in [0, 0.1) is 0 Å². The van der Waals surface area contributed by atoms with Gasteiger partial charge in [-0.15, -0.1) is 0 Å². The van der Waals surface area contributed by atoms with Crippen molar-refractivity contribution < 1.29 is 19.0 Å². The highest BCUT2D eigenvalue weighted by atomic mass is 16.7. The fraction of sp³-hybridized carbons (Fsp3) is 0.150. The molecule has 0 bridgehead atoms. The minimum absolute atomic E-state index is 0.159. The minimum atomic E-state index is -0.354. The Bertz CT molecular complexity index is 1090. The second-order valence-corrected chi connectivity index (χ2v) is 6.06. The summed E-state index contributed by atoms with van der Waals surface area (Å²) in [7, 11) is 1.56. The van der Waals surface area contributed by atoms with Crippen LogP contribution in [0.3, 0.4) is 0 Å². The van der Waals surface area contributed by atoms with Crippen LogP contribution in [0.25, 0.3) is 11.3 Å². The first kappa shape index (κ1) is 17.6. The Morgan fingerprint density at radius 3 is 2.82 bits per heavy atom. The van der Waals surface area contributed by atoms with E-state index >= 15 is 0 Å². The average Bonchev–Trinajstić information content (AvgIpc) is 3.17. The molecule has 0 unspecified atom stereocenters. The van der Waals surface area contributed by atoms with Gasteiger partial charge in [0.15, 0.2) is 11.5 Å². The number of hydrogen-bond acceptors (Lipinski definition) is 6. The van der Waals surface area contributed by atoms with Gasteiger partial charge >= 0.3 is 0 Å². The van der Waals surface area contributed by atoms with Gasteiger partial charge in [-0.05, 0) is 24.3 Å². The van der Waals surface area contributed by atoms with Crippen molar-refractivity contribution in [3.8, 4) is 28.5 Å². The first-order valence-corrected chi connectivity index (χ1v) is 8.53. The Morgan fingerprint density at radius 1 is 1.18 bits per heavy atom. The molecule has 1 aliphatic rings. The second kappa shape index (κ2) is 7.43. The summed E-state index contributed by atoms with van der Waals surface area (Å²) >= 11 is 0. The maximum absolute atomic E-state index is 12.4. The largest absolute Gasteiger partial charge is 0.496 e. The monoisotopic (exact) mass is 379 g/mol. The van der Waals surface area contributed by atoms with Crippen LogP contribution < -0.4 is 25.1 Å². The van der Waals surface area contributed by atoms with Crippen LogP contribution in [0.2, 0.25) is 0 Å². The number of benzene rings is 2. The summed E-state index contributed by atoms with van der Waals surface area (Å²) < 4.78 is 17.1. The zero-order valence-electron chi connectivity index (χ0n) is 15.0. The van der Waals surface area contributed by atoms with E-state index < -0.39 is 0 Å². The number of carbonyl (C=O) groups excluding carboxylic acids is 1. The molecule has 0 saturated heterocycles. The van der Waals surface area contributed by atoms with Crippen molar-refractivity contribution in [2.45, 2.75) is 6.54 Å². The molecule has 0 radical (unpaired) electrons. The smallest absolute Gasteiger partial charge is 0.254 e. The van der Waals surface area contributed by atoms with Crippen LogP contribution >= 0.6 is 0 Å². The van der Waals surface area contributed by atoms with Crippen LogP contribution in [0.15, 0.2) is 59.7 Å². The summed E-state index contributed by atoms with van der Waals surface area (Å²) in [5.41, 5.74) is 1.41. The number of aromatic nitrogens is 2. The van der Waals surface area contributed by atoms with Crippen molar-refractivity contribution in [2.24, 2.45) is 0 Å². The number of amides is 1. The molecule has 0 aliphatic carbocycles. The summed E-state index contributed by atoms with van der Waals surface area (Å²) in [6.45, 7) is -0.00117. The molecular weight excluding hydrogens is 362 g/mol. The Balaban J connectivity index is 1.49. The summed E-state index contributed by atoms with van der Waals surface area (Å²) in [6.07, 6.45) is 1.35. The van der Waals surface area contributed by atoms with Gasteiger partial charge in [-0.2, -0.15) is 0 Å². The number of anilines is 1. The molecule has 2 heterocycles. The molecule has 142 valence electrons. The zero-order chi connectivity index (χ0) is 19.5. The van der Waals surface area contributed by atoms with E-state index in [1.54, 1.807) is 31.4 Å². The molecule has 4 rings (SSSR count). The number of hydrogen-bond donors (Lipinski definition) is 1. The molecule has 1 N–H and O–H groups in total. The maximum atomic E-state index is 12.4. The molecule has 0 spiro atoms. The number of nitrogens with one attached hydrogen (secondary N) is 1. The van der Waals surface area contributed by atoms with E-state index in [2.05, 4.69) is 10.3 Å². The summed E-state index contributed by atoms with van der Waals surface area (Å²) in [5, 5.41) is 2.73. The average molecular weight is 379 g/mol. The van der Waals surface area contributed by atoms with Crippen molar-refractivity contribution in [1.82, 2.24) is 9.55 Å². The van der Waals surface area contributed by atoms with Crippen molar-refractivity contribution in [3.05, 3.63) is 65.2 Å². The number of rotatable bonds is 5. The van der Waals surface area contributed by atoms with Gasteiger partial charge in [0.25, 0.3) is 5.56 Å². The van der Waals surface area contributed by atoms with Gasteiger partial charge in [-0.3, -0.25) is 14.2 Å². The molecule has 8 nitrogen and oxygen atoms in total. The summed E-state index contributed by atoms with van der Waals surface area (Å²) in [5.74, 6) is 1.46. The van der Waals surface area contributed by atoms with Crippen LogP contribution in [0.1, 0.15) is 0 Å². The van der Waals surface area contributed by atoms with Crippen molar-refractivity contribution >= 4 is 11.6 Å². The lowest BCUT2D eigenvalue weighted by atomic mass is 10.1. The molecular formula is C20H17N3O5. The van der Waals surface area contributed by atoms with Crippen LogP contribution in [-0.2, 0) is 11.3 Å². The molecule has 0 fully saturated rings. The fourth-order valence-electron chi connectivity index (χ4n) is 2.88. The van der Waals surface area contributed by atoms with E-state index in [0.717, 1.165) is 0 Å². The maximum Gasteiger partial charge on any atom is 0.254 e. The van der Waals surface area contributed by atoms with Gasteiger partial charge in [0, 0.05) is 23.4 Å².